The molecule has 3 aromatic rings. The summed E-state index contributed by atoms with van der Waals surface area (Å²) in [6.07, 6.45) is 0.893. The highest BCUT2D eigenvalue weighted by molar-refractivity contribution is 6.30. The van der Waals surface area contributed by atoms with E-state index in [1.54, 1.807) is 42.6 Å². The predicted molar refractivity (Wildman–Crippen MR) is 92.8 cm³/mol. The number of halogens is 1. The third-order valence-corrected chi connectivity index (χ3v) is 3.92. The van der Waals surface area contributed by atoms with Gasteiger partial charge in [0.25, 0.3) is 5.91 Å². The number of benzene rings is 2. The largest absolute Gasteiger partial charge is 0.387 e. The lowest BCUT2D eigenvalue weighted by molar-refractivity contribution is 0.0916. The maximum absolute atomic E-state index is 12.2. The van der Waals surface area contributed by atoms with Crippen LogP contribution in [0.25, 0.3) is 11.3 Å². The number of hydrogen-bond acceptors (Lipinski definition) is 3. The Morgan fingerprint density at radius 2 is 1.83 bits per heavy atom. The van der Waals surface area contributed by atoms with Crippen molar-refractivity contribution in [1.82, 2.24) is 15.5 Å². The highest BCUT2D eigenvalue weighted by Crippen LogP contribution is 2.18. The molecule has 0 saturated heterocycles. The maximum Gasteiger partial charge on any atom is 0.251 e. The Morgan fingerprint density at radius 3 is 2.46 bits per heavy atom. The van der Waals surface area contributed by atoms with Crippen molar-refractivity contribution in [1.29, 1.82) is 0 Å². The summed E-state index contributed by atoms with van der Waals surface area (Å²) < 4.78 is 0. The minimum atomic E-state index is -0.782. The molecule has 0 bridgehead atoms. The zero-order chi connectivity index (χ0) is 16.9. The average Bonchev–Trinajstić information content (AvgIpc) is 3.15. The van der Waals surface area contributed by atoms with Crippen molar-refractivity contribution >= 4 is 17.5 Å². The van der Waals surface area contributed by atoms with Crippen LogP contribution in [-0.4, -0.2) is 27.8 Å². The SMILES string of the molecule is O=C(NC[C@@H](O)c1ccc(Cl)cc1)c1ccc(-c2ccn[nH]2)cc1. The van der Waals surface area contributed by atoms with Gasteiger partial charge >= 0.3 is 0 Å². The molecule has 1 heterocycles. The van der Waals surface area contributed by atoms with Crippen LogP contribution in [-0.2, 0) is 0 Å². The molecule has 2 aromatic carbocycles. The van der Waals surface area contributed by atoms with Gasteiger partial charge in [-0.2, -0.15) is 5.10 Å². The summed E-state index contributed by atoms with van der Waals surface area (Å²) in [4.78, 5) is 12.2. The van der Waals surface area contributed by atoms with Crippen LogP contribution < -0.4 is 5.32 Å². The number of carbonyl (C=O) groups excluding carboxylic acids is 1. The van der Waals surface area contributed by atoms with Crippen molar-refractivity contribution in [2.45, 2.75) is 6.10 Å². The van der Waals surface area contributed by atoms with E-state index in [2.05, 4.69) is 15.5 Å². The second-order valence-electron chi connectivity index (χ2n) is 5.33. The Balaban J connectivity index is 1.59. The van der Waals surface area contributed by atoms with E-state index < -0.39 is 6.10 Å². The first-order valence-corrected chi connectivity index (χ1v) is 7.83. The maximum atomic E-state index is 12.2. The standard InChI is InChI=1S/C18H16ClN3O2/c19-15-7-5-13(6-8-15)17(23)11-20-18(24)14-3-1-12(2-4-14)16-9-10-21-22-16/h1-10,17,23H,11H2,(H,20,24)(H,21,22)/t17-/m1/s1. The first kappa shape index (κ1) is 16.2. The number of aliphatic hydroxyl groups excluding tert-OH is 1. The van der Waals surface area contributed by atoms with Crippen molar-refractivity contribution in [2.75, 3.05) is 6.54 Å². The number of aromatic amines is 1. The Labute approximate surface area is 144 Å². The van der Waals surface area contributed by atoms with Crippen LogP contribution in [0, 0.1) is 0 Å². The van der Waals surface area contributed by atoms with Crippen LogP contribution in [0.15, 0.2) is 60.8 Å². The van der Waals surface area contributed by atoms with E-state index in [1.165, 1.54) is 0 Å². The molecule has 1 aromatic heterocycles. The fourth-order valence-electron chi connectivity index (χ4n) is 2.31. The normalized spacial score (nSPS) is 11.9. The number of nitrogens with zero attached hydrogens (tertiary/aromatic N) is 1. The summed E-state index contributed by atoms with van der Waals surface area (Å²) in [5, 5.41) is 20.2. The Bertz CT molecular complexity index is 799. The first-order valence-electron chi connectivity index (χ1n) is 7.45. The Morgan fingerprint density at radius 1 is 1.12 bits per heavy atom. The zero-order valence-electron chi connectivity index (χ0n) is 12.7. The molecule has 1 amide bonds. The molecule has 0 unspecified atom stereocenters. The molecule has 122 valence electrons. The first-order chi connectivity index (χ1) is 11.6. The van der Waals surface area contributed by atoms with Crippen LogP contribution >= 0.6 is 11.6 Å². The topological polar surface area (TPSA) is 78.0 Å². The van der Waals surface area contributed by atoms with Crippen molar-refractivity contribution in [2.24, 2.45) is 0 Å². The highest BCUT2D eigenvalue weighted by Gasteiger charge is 2.11. The quantitative estimate of drug-likeness (QED) is 0.667. The van der Waals surface area contributed by atoms with Crippen molar-refractivity contribution in [3.05, 3.63) is 76.9 Å². The van der Waals surface area contributed by atoms with E-state index in [-0.39, 0.29) is 12.5 Å². The molecule has 1 atom stereocenters. The van der Waals surface area contributed by atoms with Gasteiger partial charge in [-0.3, -0.25) is 9.89 Å². The molecule has 3 N–H and O–H groups in total. The van der Waals surface area contributed by atoms with Crippen molar-refractivity contribution in [3.8, 4) is 11.3 Å². The van der Waals surface area contributed by atoms with Crippen LogP contribution in [0.5, 0.6) is 0 Å². The van der Waals surface area contributed by atoms with Gasteiger partial charge < -0.3 is 10.4 Å². The van der Waals surface area contributed by atoms with Gasteiger partial charge in [0.1, 0.15) is 0 Å². The van der Waals surface area contributed by atoms with E-state index >= 15 is 0 Å². The number of rotatable bonds is 5. The van der Waals surface area contributed by atoms with Gasteiger partial charge in [-0.25, -0.2) is 0 Å². The molecule has 0 spiro atoms. The van der Waals surface area contributed by atoms with Gasteiger partial charge in [0.2, 0.25) is 0 Å². The molecular formula is C18H16ClN3O2. The molecule has 5 nitrogen and oxygen atoms in total. The third-order valence-electron chi connectivity index (χ3n) is 3.67. The number of aliphatic hydroxyl groups is 1. The molecule has 3 rings (SSSR count). The lowest BCUT2D eigenvalue weighted by Gasteiger charge is -2.12. The van der Waals surface area contributed by atoms with Gasteiger partial charge in [-0.05, 0) is 41.5 Å². The summed E-state index contributed by atoms with van der Waals surface area (Å²) >= 11 is 5.82. The number of H-pyrrole nitrogens is 1. The van der Waals surface area contributed by atoms with E-state index in [0.717, 1.165) is 11.3 Å². The van der Waals surface area contributed by atoms with Gasteiger partial charge in [-0.1, -0.05) is 35.9 Å². The summed E-state index contributed by atoms with van der Waals surface area (Å²) in [6.45, 7) is 0.128. The molecule has 0 aliphatic heterocycles. The van der Waals surface area contributed by atoms with E-state index in [1.807, 2.05) is 18.2 Å². The molecule has 0 aliphatic carbocycles. The Hall–Kier alpha value is -2.63. The van der Waals surface area contributed by atoms with Crippen LogP contribution in [0.2, 0.25) is 5.02 Å². The van der Waals surface area contributed by atoms with Gasteiger partial charge in [0.15, 0.2) is 0 Å². The molecule has 0 fully saturated rings. The van der Waals surface area contributed by atoms with Crippen molar-refractivity contribution in [3.63, 3.8) is 0 Å². The fraction of sp³-hybridized carbons (Fsp3) is 0.111. The van der Waals surface area contributed by atoms with Gasteiger partial charge in [-0.15, -0.1) is 0 Å². The molecule has 0 radical (unpaired) electrons. The fourth-order valence-corrected chi connectivity index (χ4v) is 2.44. The number of nitrogens with one attached hydrogen (secondary N) is 2. The summed E-state index contributed by atoms with van der Waals surface area (Å²) in [7, 11) is 0. The van der Waals surface area contributed by atoms with Crippen molar-refractivity contribution < 1.29 is 9.90 Å². The molecule has 6 heteroatoms. The lowest BCUT2D eigenvalue weighted by Crippen LogP contribution is -2.28. The number of amides is 1. The van der Waals surface area contributed by atoms with E-state index in [0.29, 0.717) is 16.1 Å². The minimum absolute atomic E-state index is 0.128. The van der Waals surface area contributed by atoms with E-state index in [9.17, 15) is 9.90 Å². The number of aromatic nitrogens is 2. The summed E-state index contributed by atoms with van der Waals surface area (Å²) in [6, 6.07) is 15.9. The monoisotopic (exact) mass is 341 g/mol. The molecule has 0 aliphatic rings. The van der Waals surface area contributed by atoms with Crippen LogP contribution in [0.3, 0.4) is 0 Å². The third kappa shape index (κ3) is 3.82. The molecule has 0 saturated carbocycles. The highest BCUT2D eigenvalue weighted by atomic mass is 35.5. The second-order valence-corrected chi connectivity index (χ2v) is 5.76. The lowest BCUT2D eigenvalue weighted by atomic mass is 10.1. The number of hydrogen-bond donors (Lipinski definition) is 3. The molecule has 24 heavy (non-hydrogen) atoms. The second kappa shape index (κ2) is 7.29. The predicted octanol–water partition coefficient (Wildman–Crippen LogP) is 3.19. The zero-order valence-corrected chi connectivity index (χ0v) is 13.5. The van der Waals surface area contributed by atoms with Crippen LogP contribution in [0.1, 0.15) is 22.0 Å². The van der Waals surface area contributed by atoms with Crippen LogP contribution in [0.4, 0.5) is 0 Å². The van der Waals surface area contributed by atoms with E-state index in [4.69, 9.17) is 11.6 Å². The average molecular weight is 342 g/mol. The van der Waals surface area contributed by atoms with Gasteiger partial charge in [0.05, 0.1) is 11.8 Å². The summed E-state index contributed by atoms with van der Waals surface area (Å²) in [5.41, 5.74) is 3.07. The minimum Gasteiger partial charge on any atom is -0.387 e. The smallest absolute Gasteiger partial charge is 0.251 e. The Kier molecular flexibility index (Phi) is 4.93. The summed E-state index contributed by atoms with van der Waals surface area (Å²) in [5.74, 6) is -0.237. The number of carbonyl (C=O) groups is 1. The van der Waals surface area contributed by atoms with Gasteiger partial charge in [0, 0.05) is 23.3 Å². The molecular weight excluding hydrogens is 326 g/mol.